The molecule has 0 fully saturated rings. The third-order valence-corrected chi connectivity index (χ3v) is 5.39. The van der Waals surface area contributed by atoms with Crippen molar-refractivity contribution in [2.45, 2.75) is 9.79 Å². The average molecular weight is 462 g/mol. The zero-order valence-corrected chi connectivity index (χ0v) is 21.7. The predicted molar refractivity (Wildman–Crippen MR) is 99.4 cm³/mol. The van der Waals surface area contributed by atoms with Gasteiger partial charge in [0, 0.05) is 23.2 Å². The van der Waals surface area contributed by atoms with Crippen LogP contribution in [0.25, 0.3) is 21.8 Å². The van der Waals surface area contributed by atoms with Gasteiger partial charge in [0.05, 0.1) is 20.8 Å². The Morgan fingerprint density at radius 2 is 0.967 bits per heavy atom. The van der Waals surface area contributed by atoms with Gasteiger partial charge in [-0.3, -0.25) is 9.97 Å². The fourth-order valence-corrected chi connectivity index (χ4v) is 3.43. The Kier molecular flexibility index (Phi) is 10.0. The molecular weight excluding hydrogens is 450 g/mol. The maximum absolute atomic E-state index is 10.7. The molecule has 0 amide bonds. The molecule has 0 spiro atoms. The summed E-state index contributed by atoms with van der Waals surface area (Å²) >= 11 is 0. The van der Waals surface area contributed by atoms with Crippen molar-refractivity contribution in [3.63, 3.8) is 0 Å². The Morgan fingerprint density at radius 1 is 0.600 bits per heavy atom. The van der Waals surface area contributed by atoms with E-state index in [0.717, 1.165) is 0 Å². The van der Waals surface area contributed by atoms with E-state index in [-0.39, 0.29) is 68.9 Å². The monoisotopic (exact) mass is 462 g/mol. The van der Waals surface area contributed by atoms with E-state index >= 15 is 0 Å². The first-order chi connectivity index (χ1) is 13.1. The van der Waals surface area contributed by atoms with Crippen molar-refractivity contribution >= 4 is 42.0 Å². The summed E-state index contributed by atoms with van der Waals surface area (Å²) in [7, 11) is -8.74. The first kappa shape index (κ1) is 27.1. The van der Waals surface area contributed by atoms with Crippen molar-refractivity contribution < 1.29 is 85.1 Å². The van der Waals surface area contributed by atoms with E-state index in [2.05, 4.69) is 9.97 Å². The van der Waals surface area contributed by atoms with Crippen LogP contribution >= 0.6 is 0 Å². The molecule has 0 saturated heterocycles. The third kappa shape index (κ3) is 7.06. The van der Waals surface area contributed by atoms with Crippen LogP contribution in [0.5, 0.6) is 0 Å². The summed E-state index contributed by atoms with van der Waals surface area (Å²) in [5, 5.41) is 1.29. The van der Waals surface area contributed by atoms with Gasteiger partial charge < -0.3 is 9.11 Å². The molecule has 0 aliphatic heterocycles. The first-order valence-corrected chi connectivity index (χ1v) is 10.6. The Hall–Kier alpha value is -0.920. The predicted octanol–water partition coefficient (Wildman–Crippen LogP) is -3.71. The quantitative estimate of drug-likeness (QED) is 0.219. The SMILES string of the molecule is O=S(=O)([O-])c1ccc2ncccc2c1.O=S(=O)([O-])c1ccc2ncccc2c1.[Na+].[Na+]. The molecule has 4 rings (SSSR count). The molecule has 12 heteroatoms. The van der Waals surface area contributed by atoms with Crippen molar-refractivity contribution in [2.75, 3.05) is 0 Å². The van der Waals surface area contributed by atoms with Crippen LogP contribution in [0.2, 0.25) is 0 Å². The fourth-order valence-electron chi connectivity index (χ4n) is 2.42. The van der Waals surface area contributed by atoms with Gasteiger partial charge in [0.2, 0.25) is 0 Å². The minimum Gasteiger partial charge on any atom is -0.744 e. The number of hydrogen-bond donors (Lipinski definition) is 0. The second kappa shape index (κ2) is 11.1. The van der Waals surface area contributed by atoms with Gasteiger partial charge in [-0.2, -0.15) is 0 Å². The molecule has 30 heavy (non-hydrogen) atoms. The summed E-state index contributed by atoms with van der Waals surface area (Å²) in [5.74, 6) is 0. The van der Waals surface area contributed by atoms with Gasteiger partial charge >= 0.3 is 59.1 Å². The average Bonchev–Trinajstić information content (AvgIpc) is 2.66. The van der Waals surface area contributed by atoms with E-state index < -0.39 is 20.2 Å². The van der Waals surface area contributed by atoms with Crippen molar-refractivity contribution in [3.8, 4) is 0 Å². The van der Waals surface area contributed by atoms with Crippen molar-refractivity contribution in [2.24, 2.45) is 0 Å². The summed E-state index contributed by atoms with van der Waals surface area (Å²) < 4.78 is 64.2. The zero-order valence-electron chi connectivity index (χ0n) is 16.1. The number of nitrogens with zero attached hydrogens (tertiary/aromatic N) is 2. The van der Waals surface area contributed by atoms with Gasteiger partial charge in [-0.25, -0.2) is 16.8 Å². The first-order valence-electron chi connectivity index (χ1n) is 7.76. The third-order valence-electron chi connectivity index (χ3n) is 3.73. The summed E-state index contributed by atoms with van der Waals surface area (Å²) in [6.07, 6.45) is 3.21. The van der Waals surface area contributed by atoms with E-state index in [1.54, 1.807) is 36.7 Å². The van der Waals surface area contributed by atoms with Gasteiger partial charge in [0.15, 0.2) is 0 Å². The van der Waals surface area contributed by atoms with E-state index in [0.29, 0.717) is 21.8 Å². The molecule has 8 nitrogen and oxygen atoms in total. The van der Waals surface area contributed by atoms with E-state index in [4.69, 9.17) is 0 Å². The standard InChI is InChI=1S/2C9H7NO3S.2Na/c2*11-14(12,13)8-3-4-9-7(6-8)2-1-5-10-9;;/h2*1-6H,(H,11,12,13);;/q;;2*+1/p-2. The van der Waals surface area contributed by atoms with Crippen LogP contribution in [0, 0.1) is 0 Å². The summed E-state index contributed by atoms with van der Waals surface area (Å²) in [6, 6.07) is 15.0. The molecule has 2 aromatic heterocycles. The van der Waals surface area contributed by atoms with Gasteiger partial charge in [-0.1, -0.05) is 12.1 Å². The maximum atomic E-state index is 10.7. The molecule has 0 saturated carbocycles. The van der Waals surface area contributed by atoms with E-state index in [9.17, 15) is 25.9 Å². The van der Waals surface area contributed by atoms with Gasteiger partial charge in [-0.15, -0.1) is 0 Å². The molecule has 4 aromatic rings. The number of pyridine rings is 2. The topological polar surface area (TPSA) is 140 Å². The second-order valence-corrected chi connectivity index (χ2v) is 8.38. The molecule has 144 valence electrons. The molecule has 0 bridgehead atoms. The van der Waals surface area contributed by atoms with Crippen LogP contribution in [-0.4, -0.2) is 35.9 Å². The van der Waals surface area contributed by atoms with Crippen LogP contribution in [0.15, 0.2) is 82.8 Å². The summed E-state index contributed by atoms with van der Waals surface area (Å²) in [6.45, 7) is 0. The second-order valence-electron chi connectivity index (χ2n) is 5.62. The summed E-state index contributed by atoms with van der Waals surface area (Å²) in [5.41, 5.74) is 1.33. The molecule has 0 aliphatic rings. The number of rotatable bonds is 2. The minimum atomic E-state index is -4.37. The molecule has 0 radical (unpaired) electrons. The zero-order chi connectivity index (χ0) is 20.4. The van der Waals surface area contributed by atoms with Crippen LogP contribution < -0.4 is 59.1 Å². The maximum Gasteiger partial charge on any atom is 1.00 e. The number of aromatic nitrogens is 2. The normalized spacial score (nSPS) is 11.0. The smallest absolute Gasteiger partial charge is 0.744 e. The number of fused-ring (bicyclic) bond motifs is 2. The molecular formula is C18H12N2Na2O6S2. The van der Waals surface area contributed by atoms with Crippen LogP contribution in [0.1, 0.15) is 0 Å². The number of hydrogen-bond acceptors (Lipinski definition) is 8. The minimum absolute atomic E-state index is 0. The van der Waals surface area contributed by atoms with Gasteiger partial charge in [-0.05, 0) is 48.5 Å². The molecule has 0 atom stereocenters. The van der Waals surface area contributed by atoms with Crippen LogP contribution in [0.3, 0.4) is 0 Å². The van der Waals surface area contributed by atoms with E-state index in [1.807, 2.05) is 0 Å². The molecule has 0 unspecified atom stereocenters. The van der Waals surface area contributed by atoms with Crippen molar-refractivity contribution in [1.29, 1.82) is 0 Å². The van der Waals surface area contributed by atoms with Crippen LogP contribution in [0.4, 0.5) is 0 Å². The Bertz CT molecular complexity index is 1270. The Balaban J connectivity index is 0.000000281. The van der Waals surface area contributed by atoms with Gasteiger partial charge in [0.25, 0.3) is 0 Å². The number of benzene rings is 2. The van der Waals surface area contributed by atoms with Crippen molar-refractivity contribution in [1.82, 2.24) is 9.97 Å². The largest absolute Gasteiger partial charge is 1.00 e. The molecule has 2 heterocycles. The Labute approximate surface area is 217 Å². The fraction of sp³-hybridized carbons (Fsp3) is 0. The van der Waals surface area contributed by atoms with Gasteiger partial charge in [0.1, 0.15) is 20.2 Å². The van der Waals surface area contributed by atoms with E-state index in [1.165, 1.54) is 36.4 Å². The Morgan fingerprint density at radius 3 is 1.30 bits per heavy atom. The molecule has 2 aromatic carbocycles. The van der Waals surface area contributed by atoms with Crippen molar-refractivity contribution in [3.05, 3.63) is 73.1 Å². The summed E-state index contributed by atoms with van der Waals surface area (Å²) in [4.78, 5) is 7.57. The molecule has 0 N–H and O–H groups in total. The van der Waals surface area contributed by atoms with Crippen LogP contribution in [-0.2, 0) is 20.2 Å². The molecule has 0 aliphatic carbocycles.